The molecule has 0 spiro atoms. The summed E-state index contributed by atoms with van der Waals surface area (Å²) >= 11 is 0. The zero-order valence-corrected chi connectivity index (χ0v) is 8.57. The van der Waals surface area contributed by atoms with E-state index in [0.29, 0.717) is 5.69 Å². The van der Waals surface area contributed by atoms with Crippen LogP contribution in [0.25, 0.3) is 10.8 Å². The predicted molar refractivity (Wildman–Crippen MR) is 62.3 cm³/mol. The molecule has 0 heterocycles. The summed E-state index contributed by atoms with van der Waals surface area (Å²) < 4.78 is 0.891. The van der Waals surface area contributed by atoms with Crippen molar-refractivity contribution in [3.63, 3.8) is 0 Å². The van der Waals surface area contributed by atoms with Crippen LogP contribution in [0.1, 0.15) is 0 Å². The van der Waals surface area contributed by atoms with Crippen molar-refractivity contribution in [2.45, 2.75) is 0 Å². The quantitative estimate of drug-likeness (QED) is 0.339. The van der Waals surface area contributed by atoms with E-state index in [-0.39, 0.29) is 0 Å². The molecule has 2 aromatic carbocycles. The smallest absolute Gasteiger partial charge is 0.264 e. The summed E-state index contributed by atoms with van der Waals surface area (Å²) in [5, 5.41) is 14.5. The molecule has 2 aromatic rings. The Bertz CT molecular complexity index is 520. The van der Waals surface area contributed by atoms with Gasteiger partial charge in [0.05, 0.1) is 5.39 Å². The fourth-order valence-corrected chi connectivity index (χ4v) is 1.74. The van der Waals surface area contributed by atoms with E-state index in [1.807, 2.05) is 43.4 Å². The molecule has 0 saturated heterocycles. The molecular formula is C12H13N2O+. The minimum Gasteiger partial charge on any atom is -0.388 e. The van der Waals surface area contributed by atoms with E-state index in [2.05, 4.69) is 12.0 Å². The van der Waals surface area contributed by atoms with Gasteiger partial charge in [-0.15, -0.1) is 0 Å². The van der Waals surface area contributed by atoms with Crippen LogP contribution in [-0.2, 0) is 0 Å². The van der Waals surface area contributed by atoms with E-state index in [9.17, 15) is 5.21 Å². The van der Waals surface area contributed by atoms with Gasteiger partial charge in [0.25, 0.3) is 5.69 Å². The van der Waals surface area contributed by atoms with Crippen molar-refractivity contribution in [2.75, 3.05) is 12.4 Å². The van der Waals surface area contributed by atoms with Crippen LogP contribution in [0.3, 0.4) is 0 Å². The van der Waals surface area contributed by atoms with Gasteiger partial charge in [-0.3, -0.25) is 5.21 Å². The second-order valence-corrected chi connectivity index (χ2v) is 3.33. The van der Waals surface area contributed by atoms with Gasteiger partial charge in [-0.05, 0) is 12.1 Å². The molecule has 3 heteroatoms. The molecule has 0 aliphatic rings. The van der Waals surface area contributed by atoms with Gasteiger partial charge < -0.3 is 5.32 Å². The molecule has 0 radical (unpaired) electrons. The highest BCUT2D eigenvalue weighted by molar-refractivity contribution is 5.99. The molecule has 76 valence electrons. The fraction of sp³-hybridized carbons (Fsp3) is 0.0833. The first kappa shape index (κ1) is 9.52. The van der Waals surface area contributed by atoms with Crippen LogP contribution in [0, 0.1) is 0 Å². The Morgan fingerprint density at radius 3 is 2.47 bits per heavy atom. The summed E-state index contributed by atoms with van der Waals surface area (Å²) in [7, 11) is 1.88. The third-order valence-electron chi connectivity index (χ3n) is 2.45. The minimum absolute atomic E-state index is 0.699. The summed E-state index contributed by atoms with van der Waals surface area (Å²) in [5.74, 6) is 0. The van der Waals surface area contributed by atoms with Crippen molar-refractivity contribution in [2.24, 2.45) is 0 Å². The number of anilines is 1. The molecule has 2 N–H and O–H groups in total. The number of nitrogens with zero attached hydrogens (tertiary/aromatic N) is 1. The SMILES string of the molecule is C=[N+](O)c1cccc2c(NC)cccc12. The van der Waals surface area contributed by atoms with Crippen LogP contribution < -0.4 is 5.32 Å². The molecule has 2 rings (SSSR count). The van der Waals surface area contributed by atoms with Crippen LogP contribution in [0.15, 0.2) is 36.4 Å². The maximum absolute atomic E-state index is 9.39. The Morgan fingerprint density at radius 1 is 1.13 bits per heavy atom. The highest BCUT2D eigenvalue weighted by Gasteiger charge is 2.11. The molecule has 0 unspecified atom stereocenters. The lowest BCUT2D eigenvalue weighted by atomic mass is 10.1. The van der Waals surface area contributed by atoms with Gasteiger partial charge in [0, 0.05) is 28.9 Å². The molecule has 0 saturated carbocycles. The zero-order valence-electron chi connectivity index (χ0n) is 8.57. The van der Waals surface area contributed by atoms with Crippen molar-refractivity contribution >= 4 is 28.9 Å². The van der Waals surface area contributed by atoms with Crippen LogP contribution in [-0.4, -0.2) is 23.7 Å². The summed E-state index contributed by atoms with van der Waals surface area (Å²) in [4.78, 5) is 0. The molecule has 3 nitrogen and oxygen atoms in total. The van der Waals surface area contributed by atoms with Crippen molar-refractivity contribution < 1.29 is 9.95 Å². The Hall–Kier alpha value is -2.03. The van der Waals surface area contributed by atoms with E-state index in [4.69, 9.17) is 0 Å². The van der Waals surface area contributed by atoms with Gasteiger partial charge >= 0.3 is 0 Å². The first-order valence-corrected chi connectivity index (χ1v) is 4.73. The van der Waals surface area contributed by atoms with Crippen molar-refractivity contribution in [1.29, 1.82) is 0 Å². The lowest BCUT2D eigenvalue weighted by Gasteiger charge is -2.05. The molecule has 0 atom stereocenters. The molecule has 15 heavy (non-hydrogen) atoms. The minimum atomic E-state index is 0.699. The first-order chi connectivity index (χ1) is 7.24. The number of hydrogen-bond acceptors (Lipinski definition) is 2. The predicted octanol–water partition coefficient (Wildman–Crippen LogP) is 2.62. The Labute approximate surface area is 88.2 Å². The maximum Gasteiger partial charge on any atom is 0.264 e. The molecule has 0 aliphatic heterocycles. The third-order valence-corrected chi connectivity index (χ3v) is 2.45. The molecule has 0 aromatic heterocycles. The molecule has 0 bridgehead atoms. The number of fused-ring (bicyclic) bond motifs is 1. The average molecular weight is 201 g/mol. The number of hydrogen-bond donors (Lipinski definition) is 2. The van der Waals surface area contributed by atoms with E-state index < -0.39 is 0 Å². The van der Waals surface area contributed by atoms with Gasteiger partial charge in [0.1, 0.15) is 0 Å². The van der Waals surface area contributed by atoms with Crippen molar-refractivity contribution in [3.8, 4) is 0 Å². The summed E-state index contributed by atoms with van der Waals surface area (Å²) in [5.41, 5.74) is 1.74. The highest BCUT2D eigenvalue weighted by Crippen LogP contribution is 2.29. The van der Waals surface area contributed by atoms with Crippen molar-refractivity contribution in [1.82, 2.24) is 0 Å². The summed E-state index contributed by atoms with van der Waals surface area (Å²) in [6.07, 6.45) is 0. The van der Waals surface area contributed by atoms with Crippen LogP contribution >= 0.6 is 0 Å². The van der Waals surface area contributed by atoms with E-state index in [1.165, 1.54) is 0 Å². The number of nitrogens with one attached hydrogen (secondary N) is 1. The molecular weight excluding hydrogens is 188 g/mol. The lowest BCUT2D eigenvalue weighted by molar-refractivity contribution is -0.705. The van der Waals surface area contributed by atoms with Gasteiger partial charge in [-0.1, -0.05) is 18.2 Å². The number of rotatable bonds is 2. The molecule has 0 fully saturated rings. The molecule has 0 amide bonds. The zero-order chi connectivity index (χ0) is 10.8. The summed E-state index contributed by atoms with van der Waals surface area (Å²) in [6, 6.07) is 11.6. The second kappa shape index (κ2) is 3.61. The van der Waals surface area contributed by atoms with E-state index >= 15 is 0 Å². The first-order valence-electron chi connectivity index (χ1n) is 4.73. The van der Waals surface area contributed by atoms with E-state index in [0.717, 1.165) is 21.2 Å². The highest BCUT2D eigenvalue weighted by atomic mass is 16.5. The van der Waals surface area contributed by atoms with E-state index in [1.54, 1.807) is 0 Å². The van der Waals surface area contributed by atoms with Crippen LogP contribution in [0.4, 0.5) is 11.4 Å². The van der Waals surface area contributed by atoms with Crippen LogP contribution in [0.2, 0.25) is 0 Å². The van der Waals surface area contributed by atoms with Crippen LogP contribution in [0.5, 0.6) is 0 Å². The van der Waals surface area contributed by atoms with Gasteiger partial charge in [-0.2, -0.15) is 0 Å². The Morgan fingerprint density at radius 2 is 1.80 bits per heavy atom. The third kappa shape index (κ3) is 1.52. The Kier molecular flexibility index (Phi) is 2.29. The largest absolute Gasteiger partial charge is 0.388 e. The monoisotopic (exact) mass is 201 g/mol. The van der Waals surface area contributed by atoms with Crippen molar-refractivity contribution in [3.05, 3.63) is 36.4 Å². The normalized spacial score (nSPS) is 10.2. The van der Waals surface area contributed by atoms with Gasteiger partial charge in [-0.25, -0.2) is 0 Å². The van der Waals surface area contributed by atoms with Gasteiger partial charge in [0.2, 0.25) is 0 Å². The number of benzene rings is 2. The standard InChI is InChI=1S/C12H13N2O/c1-13-11-7-3-6-10-9(11)5-4-8-12(10)14(2)15/h3-8,13,15H,2H2,1H3/q+1. The lowest BCUT2D eigenvalue weighted by Crippen LogP contribution is -1.96. The summed E-state index contributed by atoms with van der Waals surface area (Å²) in [6.45, 7) is 3.48. The molecule has 0 aliphatic carbocycles. The second-order valence-electron chi connectivity index (χ2n) is 3.33. The van der Waals surface area contributed by atoms with Gasteiger partial charge in [0.15, 0.2) is 6.72 Å². The topological polar surface area (TPSA) is 35.3 Å². The Balaban J connectivity index is 2.82. The average Bonchev–Trinajstić information content (AvgIpc) is 2.27. The fourth-order valence-electron chi connectivity index (χ4n) is 1.74. The maximum atomic E-state index is 9.39.